The Morgan fingerprint density at radius 2 is 1.07 bits per heavy atom. The van der Waals surface area contributed by atoms with E-state index >= 15 is 0 Å². The second kappa shape index (κ2) is 13.7. The second-order valence-corrected chi connectivity index (χ2v) is 14.3. The monoisotopic (exact) mass is 564 g/mol. The second-order valence-electron chi connectivity index (χ2n) is 14.3. The van der Waals surface area contributed by atoms with Gasteiger partial charge in [-0.25, -0.2) is 0 Å². The normalized spacial score (nSPS) is 30.0. The summed E-state index contributed by atoms with van der Waals surface area (Å²) in [5.41, 5.74) is -1.66. The van der Waals surface area contributed by atoms with E-state index in [9.17, 15) is 29.8 Å². The van der Waals surface area contributed by atoms with Crippen molar-refractivity contribution < 1.29 is 19.4 Å². The molecule has 0 bridgehead atoms. The molecular formula is C30H52N4O6. The number of amides is 2. The van der Waals surface area contributed by atoms with E-state index in [1.165, 1.54) is 0 Å². The third-order valence-electron chi connectivity index (χ3n) is 8.19. The third kappa shape index (κ3) is 10.3. The Morgan fingerprint density at radius 1 is 0.775 bits per heavy atom. The fraction of sp³-hybridized carbons (Fsp3) is 0.800. The molecule has 2 N–H and O–H groups in total. The molecule has 2 amide bonds. The predicted molar refractivity (Wildman–Crippen MR) is 158 cm³/mol. The molecule has 0 aromatic rings. The van der Waals surface area contributed by atoms with Gasteiger partial charge in [-0.15, -0.1) is 13.2 Å². The van der Waals surface area contributed by atoms with E-state index in [0.717, 1.165) is 25.7 Å². The Labute approximate surface area is 240 Å². The van der Waals surface area contributed by atoms with Gasteiger partial charge in [0, 0.05) is 43.6 Å². The van der Waals surface area contributed by atoms with Gasteiger partial charge in [-0.1, -0.05) is 26.0 Å². The first-order valence-electron chi connectivity index (χ1n) is 14.3. The summed E-state index contributed by atoms with van der Waals surface area (Å²) in [5.74, 6) is 0.223. The molecule has 10 nitrogen and oxygen atoms in total. The molecule has 2 aliphatic rings. The maximum atomic E-state index is 12.6. The lowest BCUT2D eigenvalue weighted by Crippen LogP contribution is -2.49. The largest absolute Gasteiger partial charge is 0.351 e. The van der Waals surface area contributed by atoms with Crippen molar-refractivity contribution in [3.63, 3.8) is 0 Å². The van der Waals surface area contributed by atoms with Crippen LogP contribution in [-0.4, -0.2) is 45.8 Å². The lowest BCUT2D eigenvalue weighted by atomic mass is 9.76. The van der Waals surface area contributed by atoms with Gasteiger partial charge in [0.05, 0.1) is 0 Å². The number of rotatable bonds is 10. The molecule has 0 spiro atoms. The standard InChI is InChI=1S/2C15H26N2O3/c2*1-6-7-12-8-11(10-17(19)20)9-15(12,5)13(18)16-14(2,3)4/h2*6,11-12H,1,7-10H2,2-5H3,(H,16,18)/t11-,12+,15+;11-,12-,15-/m01/s1. The number of nitro groups is 2. The van der Waals surface area contributed by atoms with Crippen LogP contribution in [0.1, 0.15) is 93.9 Å². The smallest absolute Gasteiger partial charge is 0.226 e. The van der Waals surface area contributed by atoms with Crippen molar-refractivity contribution in [1.29, 1.82) is 0 Å². The van der Waals surface area contributed by atoms with Gasteiger partial charge in [-0.3, -0.25) is 29.8 Å². The zero-order chi connectivity index (χ0) is 31.1. The topological polar surface area (TPSA) is 144 Å². The van der Waals surface area contributed by atoms with E-state index in [0.29, 0.717) is 12.8 Å². The molecule has 0 heterocycles. The van der Waals surface area contributed by atoms with Crippen LogP contribution in [0, 0.1) is 54.7 Å². The molecule has 2 aliphatic carbocycles. The number of carbonyl (C=O) groups excluding carboxylic acids is 2. The lowest BCUT2D eigenvalue weighted by molar-refractivity contribution is -0.488. The molecule has 2 saturated carbocycles. The minimum atomic E-state index is -0.540. The van der Waals surface area contributed by atoms with Gasteiger partial charge in [0.1, 0.15) is 0 Å². The quantitative estimate of drug-likeness (QED) is 0.201. The Kier molecular flexibility index (Phi) is 12.1. The molecule has 0 saturated heterocycles. The van der Waals surface area contributed by atoms with Crippen molar-refractivity contribution in [1.82, 2.24) is 10.6 Å². The van der Waals surface area contributed by atoms with E-state index in [1.807, 2.05) is 67.5 Å². The predicted octanol–water partition coefficient (Wildman–Crippen LogP) is 5.57. The Bertz CT molecular complexity index is 877. The van der Waals surface area contributed by atoms with Crippen LogP contribution in [0.5, 0.6) is 0 Å². The van der Waals surface area contributed by atoms with Crippen LogP contribution in [0.3, 0.4) is 0 Å². The molecule has 0 unspecified atom stereocenters. The molecule has 0 aliphatic heterocycles. The first-order chi connectivity index (χ1) is 18.2. The summed E-state index contributed by atoms with van der Waals surface area (Å²) in [6, 6.07) is 0. The summed E-state index contributed by atoms with van der Waals surface area (Å²) in [6.45, 7) is 22.9. The fourth-order valence-corrected chi connectivity index (χ4v) is 6.36. The van der Waals surface area contributed by atoms with E-state index in [-0.39, 0.29) is 69.5 Å². The van der Waals surface area contributed by atoms with Crippen molar-refractivity contribution in [3.8, 4) is 0 Å². The zero-order valence-corrected chi connectivity index (χ0v) is 25.9. The summed E-state index contributed by atoms with van der Waals surface area (Å²) in [7, 11) is 0. The maximum absolute atomic E-state index is 12.6. The summed E-state index contributed by atoms with van der Waals surface area (Å²) < 4.78 is 0. The van der Waals surface area contributed by atoms with Gasteiger partial charge in [0.15, 0.2) is 0 Å². The lowest BCUT2D eigenvalue weighted by Gasteiger charge is -2.33. The summed E-state index contributed by atoms with van der Waals surface area (Å²) in [4.78, 5) is 46.0. The summed E-state index contributed by atoms with van der Waals surface area (Å²) >= 11 is 0. The van der Waals surface area contributed by atoms with Crippen LogP contribution in [0.25, 0.3) is 0 Å². The van der Waals surface area contributed by atoms with Crippen LogP contribution in [-0.2, 0) is 9.59 Å². The summed E-state index contributed by atoms with van der Waals surface area (Å²) in [5, 5.41) is 27.5. The summed E-state index contributed by atoms with van der Waals surface area (Å²) in [6.07, 6.45) is 7.67. The van der Waals surface area contributed by atoms with Gasteiger partial charge in [-0.2, -0.15) is 0 Å². The third-order valence-corrected chi connectivity index (χ3v) is 8.19. The highest BCUT2D eigenvalue weighted by atomic mass is 16.6. The molecular weight excluding hydrogens is 512 g/mol. The molecule has 2 rings (SSSR count). The van der Waals surface area contributed by atoms with E-state index in [1.54, 1.807) is 0 Å². The van der Waals surface area contributed by atoms with E-state index in [4.69, 9.17) is 0 Å². The van der Waals surface area contributed by atoms with Crippen LogP contribution < -0.4 is 10.6 Å². The zero-order valence-electron chi connectivity index (χ0n) is 25.9. The van der Waals surface area contributed by atoms with Crippen LogP contribution in [0.15, 0.2) is 25.3 Å². The highest BCUT2D eigenvalue weighted by molar-refractivity contribution is 5.84. The van der Waals surface area contributed by atoms with Crippen molar-refractivity contribution in [2.75, 3.05) is 13.1 Å². The van der Waals surface area contributed by atoms with Crippen molar-refractivity contribution >= 4 is 11.8 Å². The average Bonchev–Trinajstić information content (AvgIpc) is 3.23. The number of nitrogens with one attached hydrogen (secondary N) is 2. The van der Waals surface area contributed by atoms with Crippen molar-refractivity contribution in [3.05, 3.63) is 45.5 Å². The molecule has 0 aromatic heterocycles. The Balaban J connectivity index is 0.000000400. The fourth-order valence-electron chi connectivity index (χ4n) is 6.36. The highest BCUT2D eigenvalue weighted by Crippen LogP contribution is 2.49. The number of allylic oxidation sites excluding steroid dienone is 2. The maximum Gasteiger partial charge on any atom is 0.226 e. The van der Waals surface area contributed by atoms with Gasteiger partial charge < -0.3 is 10.6 Å². The molecule has 228 valence electrons. The van der Waals surface area contributed by atoms with E-state index < -0.39 is 10.8 Å². The molecule has 6 atom stereocenters. The van der Waals surface area contributed by atoms with Gasteiger partial charge in [-0.05, 0) is 91.9 Å². The number of hydrogen-bond acceptors (Lipinski definition) is 6. The van der Waals surface area contributed by atoms with Gasteiger partial charge >= 0.3 is 0 Å². The first-order valence-corrected chi connectivity index (χ1v) is 14.3. The number of carbonyl (C=O) groups is 2. The first kappa shape index (κ1) is 35.2. The van der Waals surface area contributed by atoms with E-state index in [2.05, 4.69) is 23.8 Å². The molecule has 0 aromatic carbocycles. The van der Waals surface area contributed by atoms with Gasteiger partial charge in [0.25, 0.3) is 0 Å². The molecule has 2 fully saturated rings. The molecule has 40 heavy (non-hydrogen) atoms. The van der Waals surface area contributed by atoms with Gasteiger partial charge in [0.2, 0.25) is 24.9 Å². The number of hydrogen-bond donors (Lipinski definition) is 2. The minimum Gasteiger partial charge on any atom is -0.351 e. The highest BCUT2D eigenvalue weighted by Gasteiger charge is 2.51. The van der Waals surface area contributed by atoms with Crippen molar-refractivity contribution in [2.24, 2.45) is 34.5 Å². The number of nitrogens with zero attached hydrogens (tertiary/aromatic N) is 2. The van der Waals surface area contributed by atoms with Crippen molar-refractivity contribution in [2.45, 2.75) is 105 Å². The van der Waals surface area contributed by atoms with Crippen LogP contribution in [0.4, 0.5) is 0 Å². The Morgan fingerprint density at radius 3 is 1.30 bits per heavy atom. The molecule has 0 radical (unpaired) electrons. The SMILES string of the molecule is C=CC[C@@H]1C[C@@H](C[N+](=O)[O-])C[C@@]1(C)C(=O)NC(C)(C)C.C=CC[C@@H]1C[C@H](C[N+](=O)[O-])C[C@@]1(C)C(=O)NC(C)(C)C. The average molecular weight is 565 g/mol. The molecule has 10 heteroatoms. The van der Waals surface area contributed by atoms with Crippen LogP contribution >= 0.6 is 0 Å². The van der Waals surface area contributed by atoms with Crippen LogP contribution in [0.2, 0.25) is 0 Å². The minimum absolute atomic E-state index is 0.00250. The Hall–Kier alpha value is -2.78.